The minimum atomic E-state index is 0.0919. The third kappa shape index (κ3) is 4.90. The summed E-state index contributed by atoms with van der Waals surface area (Å²) in [5.74, 6) is 1.31. The molecule has 0 amide bonds. The molecule has 162 valence electrons. The molecule has 2 aliphatic rings. The van der Waals surface area contributed by atoms with Gasteiger partial charge in [0.05, 0.1) is 37.1 Å². The smallest absolute Gasteiger partial charge is 0.213 e. The largest absolute Gasteiger partial charge is 0.474 e. The highest BCUT2D eigenvalue weighted by Gasteiger charge is 2.17. The van der Waals surface area contributed by atoms with E-state index in [0.29, 0.717) is 24.8 Å². The zero-order valence-electron chi connectivity index (χ0n) is 17.3. The highest BCUT2D eigenvalue weighted by molar-refractivity contribution is 5.88. The van der Waals surface area contributed by atoms with Gasteiger partial charge in [-0.15, -0.1) is 0 Å². The molecule has 9 nitrogen and oxygen atoms in total. The first-order chi connectivity index (χ1) is 15.3. The van der Waals surface area contributed by atoms with E-state index in [0.717, 1.165) is 61.4 Å². The minimum Gasteiger partial charge on any atom is -0.474 e. The molecule has 2 saturated heterocycles. The average molecular weight is 422 g/mol. The van der Waals surface area contributed by atoms with Gasteiger partial charge in [-0.05, 0) is 12.1 Å². The van der Waals surface area contributed by atoms with E-state index in [1.54, 1.807) is 18.6 Å². The van der Waals surface area contributed by atoms with Crippen LogP contribution in [0.1, 0.15) is 12.8 Å². The van der Waals surface area contributed by atoms with Crippen molar-refractivity contribution in [3.63, 3.8) is 0 Å². The molecular weight excluding hydrogens is 396 g/mol. The Balaban J connectivity index is 1.36. The Morgan fingerprint density at radius 2 is 2.00 bits per heavy atom. The van der Waals surface area contributed by atoms with Crippen LogP contribution in [0.25, 0.3) is 22.3 Å². The molecule has 2 aliphatic heterocycles. The number of morpholine rings is 1. The Morgan fingerprint density at radius 1 is 1.10 bits per heavy atom. The summed E-state index contributed by atoms with van der Waals surface area (Å²) in [7, 11) is 0. The second kappa shape index (κ2) is 9.51. The van der Waals surface area contributed by atoms with Gasteiger partial charge in [-0.25, -0.2) is 15.0 Å². The first-order valence-corrected chi connectivity index (χ1v) is 10.7. The molecule has 0 aliphatic carbocycles. The summed E-state index contributed by atoms with van der Waals surface area (Å²) in [4.78, 5) is 18.2. The molecule has 1 atom stereocenters. The van der Waals surface area contributed by atoms with Crippen molar-refractivity contribution in [2.75, 3.05) is 44.8 Å². The summed E-state index contributed by atoms with van der Waals surface area (Å²) in [6.07, 6.45) is 7.19. The molecule has 0 aromatic carbocycles. The summed E-state index contributed by atoms with van der Waals surface area (Å²) in [5.41, 5.74) is 3.19. The first kappa shape index (κ1) is 20.0. The maximum absolute atomic E-state index is 5.98. The molecule has 3 aromatic heterocycles. The molecule has 0 bridgehead atoms. The van der Waals surface area contributed by atoms with Crippen molar-refractivity contribution in [1.82, 2.24) is 25.3 Å². The lowest BCUT2D eigenvalue weighted by molar-refractivity contribution is 0.0237. The Labute approximate surface area is 180 Å². The molecule has 5 rings (SSSR count). The molecule has 9 heteroatoms. The van der Waals surface area contributed by atoms with Crippen LogP contribution in [0.4, 0.5) is 5.82 Å². The van der Waals surface area contributed by atoms with Crippen LogP contribution in [0.2, 0.25) is 0 Å². The van der Waals surface area contributed by atoms with Crippen molar-refractivity contribution in [2.45, 2.75) is 25.0 Å². The molecule has 0 spiro atoms. The van der Waals surface area contributed by atoms with Crippen molar-refractivity contribution < 1.29 is 14.2 Å². The van der Waals surface area contributed by atoms with E-state index in [-0.39, 0.29) is 12.2 Å². The van der Waals surface area contributed by atoms with Gasteiger partial charge in [-0.3, -0.25) is 4.98 Å². The van der Waals surface area contributed by atoms with Gasteiger partial charge in [-0.1, -0.05) is 0 Å². The molecule has 2 fully saturated rings. The summed E-state index contributed by atoms with van der Waals surface area (Å²) >= 11 is 0. The standard InChI is InChI=1S/C22H26N6O3/c1-2-20(31-16-3-8-29-9-4-16)26-12-15(1)18-11-19-21(25-6-5-24-19)22(28-18)27-14-17-13-23-7-10-30-17/h1-2,5-6,11-12,16-17,23H,3-4,7-10,13-14H2,(H,27,28)/t17-/m0/s1. The number of hydrogen-bond acceptors (Lipinski definition) is 9. The molecule has 0 saturated carbocycles. The Bertz CT molecular complexity index is 1000. The number of anilines is 1. The van der Waals surface area contributed by atoms with Crippen molar-refractivity contribution in [3.05, 3.63) is 36.8 Å². The van der Waals surface area contributed by atoms with Gasteiger partial charge in [0.1, 0.15) is 11.6 Å². The third-order valence-electron chi connectivity index (χ3n) is 5.45. The number of nitrogens with one attached hydrogen (secondary N) is 2. The van der Waals surface area contributed by atoms with E-state index in [1.165, 1.54) is 0 Å². The highest BCUT2D eigenvalue weighted by atomic mass is 16.5. The van der Waals surface area contributed by atoms with Gasteiger partial charge in [0.25, 0.3) is 0 Å². The topological polar surface area (TPSA) is 103 Å². The summed E-state index contributed by atoms with van der Waals surface area (Å²) in [5, 5.41) is 6.74. The van der Waals surface area contributed by atoms with Gasteiger partial charge >= 0.3 is 0 Å². The Kier molecular flexibility index (Phi) is 6.15. The molecule has 31 heavy (non-hydrogen) atoms. The number of fused-ring (bicyclic) bond motifs is 1. The number of ether oxygens (including phenoxy) is 3. The average Bonchev–Trinajstić information content (AvgIpc) is 2.84. The predicted octanol–water partition coefficient (Wildman–Crippen LogP) is 2.04. The molecule has 3 aromatic rings. The summed E-state index contributed by atoms with van der Waals surface area (Å²) in [6, 6.07) is 5.80. The van der Waals surface area contributed by atoms with Crippen LogP contribution in [-0.4, -0.2) is 71.6 Å². The summed E-state index contributed by atoms with van der Waals surface area (Å²) in [6.45, 7) is 4.54. The van der Waals surface area contributed by atoms with Crippen LogP contribution < -0.4 is 15.4 Å². The number of pyridine rings is 2. The zero-order chi connectivity index (χ0) is 20.9. The van der Waals surface area contributed by atoms with Crippen molar-refractivity contribution in [1.29, 1.82) is 0 Å². The first-order valence-electron chi connectivity index (χ1n) is 10.7. The fourth-order valence-corrected chi connectivity index (χ4v) is 3.77. The van der Waals surface area contributed by atoms with Gasteiger partial charge < -0.3 is 24.8 Å². The lowest BCUT2D eigenvalue weighted by atomic mass is 10.1. The molecule has 5 heterocycles. The monoisotopic (exact) mass is 422 g/mol. The van der Waals surface area contributed by atoms with Crippen LogP contribution in [0.3, 0.4) is 0 Å². The van der Waals surface area contributed by atoms with Gasteiger partial charge in [0.2, 0.25) is 5.88 Å². The van der Waals surface area contributed by atoms with Gasteiger partial charge in [0, 0.05) is 62.7 Å². The Hall–Kier alpha value is -2.88. The third-order valence-corrected chi connectivity index (χ3v) is 5.45. The maximum atomic E-state index is 5.98. The second-order valence-corrected chi connectivity index (χ2v) is 7.67. The Morgan fingerprint density at radius 3 is 2.81 bits per heavy atom. The van der Waals surface area contributed by atoms with Crippen LogP contribution in [0.5, 0.6) is 5.88 Å². The lowest BCUT2D eigenvalue weighted by Crippen LogP contribution is -2.42. The molecule has 0 unspecified atom stereocenters. The fourth-order valence-electron chi connectivity index (χ4n) is 3.77. The highest BCUT2D eigenvalue weighted by Crippen LogP contribution is 2.26. The van der Waals surface area contributed by atoms with Crippen molar-refractivity contribution in [2.24, 2.45) is 0 Å². The SMILES string of the molecule is c1cnc2c(NC[C@@H]3CNCCO3)nc(-c3ccc(OC4CCOCC4)nc3)cc2n1. The van der Waals surface area contributed by atoms with E-state index in [2.05, 4.69) is 25.6 Å². The van der Waals surface area contributed by atoms with Gasteiger partial charge in [-0.2, -0.15) is 0 Å². The maximum Gasteiger partial charge on any atom is 0.213 e. The molecule has 0 radical (unpaired) electrons. The van der Waals surface area contributed by atoms with Crippen LogP contribution in [0, 0.1) is 0 Å². The summed E-state index contributed by atoms with van der Waals surface area (Å²) < 4.78 is 17.1. The number of hydrogen-bond donors (Lipinski definition) is 2. The molecular formula is C22H26N6O3. The second-order valence-electron chi connectivity index (χ2n) is 7.67. The number of nitrogens with zero attached hydrogens (tertiary/aromatic N) is 4. The predicted molar refractivity (Wildman–Crippen MR) is 116 cm³/mol. The van der Waals surface area contributed by atoms with E-state index >= 15 is 0 Å². The van der Waals surface area contributed by atoms with Crippen molar-refractivity contribution >= 4 is 16.9 Å². The van der Waals surface area contributed by atoms with E-state index in [1.807, 2.05) is 18.2 Å². The van der Waals surface area contributed by atoms with Crippen molar-refractivity contribution in [3.8, 4) is 17.1 Å². The van der Waals surface area contributed by atoms with Crippen LogP contribution in [0.15, 0.2) is 36.8 Å². The number of aromatic nitrogens is 4. The van der Waals surface area contributed by atoms with Gasteiger partial charge in [0.15, 0.2) is 5.82 Å². The molecule has 2 N–H and O–H groups in total. The fraction of sp³-hybridized carbons (Fsp3) is 0.455. The quantitative estimate of drug-likeness (QED) is 0.618. The van der Waals surface area contributed by atoms with Crippen LogP contribution in [-0.2, 0) is 9.47 Å². The van der Waals surface area contributed by atoms with E-state index < -0.39 is 0 Å². The lowest BCUT2D eigenvalue weighted by Gasteiger charge is -2.24. The normalized spacial score (nSPS) is 19.9. The van der Waals surface area contributed by atoms with Crippen LogP contribution >= 0.6 is 0 Å². The minimum absolute atomic E-state index is 0.0919. The zero-order valence-corrected chi connectivity index (χ0v) is 17.3. The van der Waals surface area contributed by atoms with E-state index in [4.69, 9.17) is 19.2 Å². The van der Waals surface area contributed by atoms with E-state index in [9.17, 15) is 0 Å². The number of rotatable bonds is 6.